The van der Waals surface area contributed by atoms with Crippen LogP contribution >= 0.6 is 11.3 Å². The van der Waals surface area contributed by atoms with Gasteiger partial charge < -0.3 is 14.4 Å². The second kappa shape index (κ2) is 6.89. The van der Waals surface area contributed by atoms with E-state index in [1.54, 1.807) is 19.4 Å². The van der Waals surface area contributed by atoms with Gasteiger partial charge in [-0.2, -0.15) is 0 Å². The molecule has 1 aromatic rings. The molecule has 0 saturated carbocycles. The van der Waals surface area contributed by atoms with Gasteiger partial charge in [-0.05, 0) is 34.6 Å². The third-order valence-electron chi connectivity index (χ3n) is 2.63. The first kappa shape index (κ1) is 17.4. The van der Waals surface area contributed by atoms with Crippen LogP contribution in [0.3, 0.4) is 0 Å². The van der Waals surface area contributed by atoms with Gasteiger partial charge in [-0.3, -0.25) is 0 Å². The maximum absolute atomic E-state index is 12.0. The molecule has 0 bridgehead atoms. The van der Waals surface area contributed by atoms with E-state index in [2.05, 4.69) is 4.98 Å². The van der Waals surface area contributed by atoms with Gasteiger partial charge in [0.1, 0.15) is 10.6 Å². The number of rotatable bonds is 4. The summed E-state index contributed by atoms with van der Waals surface area (Å²) in [6.45, 7) is 9.31. The van der Waals surface area contributed by atoms with Gasteiger partial charge in [0.2, 0.25) is 0 Å². The molecule has 0 saturated heterocycles. The normalized spacial score (nSPS) is 12.7. The molecular weight excluding hydrogens is 292 g/mol. The van der Waals surface area contributed by atoms with E-state index in [9.17, 15) is 9.59 Å². The molecule has 0 unspecified atom stereocenters. The lowest BCUT2D eigenvalue weighted by Gasteiger charge is -2.27. The van der Waals surface area contributed by atoms with E-state index in [4.69, 9.17) is 9.47 Å². The largest absolute Gasteiger partial charge is 0.461 e. The molecule has 0 aliphatic rings. The molecule has 0 aliphatic carbocycles. The first-order chi connectivity index (χ1) is 9.65. The molecular formula is C14H22N2O4S. The first-order valence-electron chi connectivity index (χ1n) is 6.74. The zero-order valence-electron chi connectivity index (χ0n) is 13.3. The highest BCUT2D eigenvalue weighted by Crippen LogP contribution is 2.24. The van der Waals surface area contributed by atoms with Crippen molar-refractivity contribution in [2.75, 3.05) is 13.7 Å². The summed E-state index contributed by atoms with van der Waals surface area (Å²) in [6.07, 6.45) is -0.428. The minimum atomic E-state index is -0.552. The third-order valence-corrected chi connectivity index (χ3v) is 3.64. The second-order valence-electron chi connectivity index (χ2n) is 5.56. The van der Waals surface area contributed by atoms with E-state index in [0.29, 0.717) is 11.6 Å². The van der Waals surface area contributed by atoms with E-state index in [-0.39, 0.29) is 11.7 Å². The molecule has 0 aromatic carbocycles. The van der Waals surface area contributed by atoms with Crippen LogP contribution in [0.4, 0.5) is 4.79 Å². The molecule has 0 aliphatic heterocycles. The maximum atomic E-state index is 12.0. The molecule has 0 spiro atoms. The number of ether oxygens (including phenoxy) is 2. The molecule has 0 fully saturated rings. The van der Waals surface area contributed by atoms with Crippen molar-refractivity contribution >= 4 is 23.4 Å². The third kappa shape index (κ3) is 5.00. The average Bonchev–Trinajstić information content (AvgIpc) is 2.84. The minimum Gasteiger partial charge on any atom is -0.461 e. The van der Waals surface area contributed by atoms with Crippen molar-refractivity contribution in [1.29, 1.82) is 0 Å². The molecule has 0 N–H and O–H groups in total. The van der Waals surface area contributed by atoms with Gasteiger partial charge in [-0.15, -0.1) is 11.3 Å². The summed E-state index contributed by atoms with van der Waals surface area (Å²) in [6, 6.07) is -0.284. The van der Waals surface area contributed by atoms with Gasteiger partial charge in [0.05, 0.1) is 12.6 Å². The average molecular weight is 314 g/mol. The lowest BCUT2D eigenvalue weighted by Crippen LogP contribution is -2.35. The van der Waals surface area contributed by atoms with E-state index in [0.717, 1.165) is 0 Å². The highest BCUT2D eigenvalue weighted by Gasteiger charge is 2.26. The number of nitrogens with zero attached hydrogens (tertiary/aromatic N) is 2. The molecule has 0 radical (unpaired) electrons. The van der Waals surface area contributed by atoms with Crippen LogP contribution in [0.25, 0.3) is 0 Å². The van der Waals surface area contributed by atoms with Crippen molar-refractivity contribution in [1.82, 2.24) is 9.88 Å². The Morgan fingerprint density at radius 2 is 2.05 bits per heavy atom. The summed E-state index contributed by atoms with van der Waals surface area (Å²) in [4.78, 5) is 29.3. The molecule has 1 aromatic heterocycles. The van der Waals surface area contributed by atoms with E-state index in [1.807, 2.05) is 27.7 Å². The van der Waals surface area contributed by atoms with Crippen LogP contribution in [0.1, 0.15) is 56.2 Å². The highest BCUT2D eigenvalue weighted by molar-refractivity contribution is 7.09. The quantitative estimate of drug-likeness (QED) is 0.798. The van der Waals surface area contributed by atoms with Crippen molar-refractivity contribution < 1.29 is 19.1 Å². The number of aromatic nitrogens is 1. The Kier molecular flexibility index (Phi) is 5.71. The van der Waals surface area contributed by atoms with Gasteiger partial charge in [-0.1, -0.05) is 0 Å². The number of amides is 1. The summed E-state index contributed by atoms with van der Waals surface area (Å²) < 4.78 is 10.2. The summed E-state index contributed by atoms with van der Waals surface area (Å²) in [7, 11) is 1.64. The van der Waals surface area contributed by atoms with Crippen LogP contribution in [0, 0.1) is 0 Å². The van der Waals surface area contributed by atoms with E-state index >= 15 is 0 Å². The number of hydrogen-bond donors (Lipinski definition) is 0. The maximum Gasteiger partial charge on any atom is 0.410 e. The molecule has 6 nitrogen and oxygen atoms in total. The highest BCUT2D eigenvalue weighted by atomic mass is 32.1. The molecule has 1 rings (SSSR count). The van der Waals surface area contributed by atoms with Crippen molar-refractivity contribution in [2.24, 2.45) is 0 Å². The van der Waals surface area contributed by atoms with Gasteiger partial charge in [0, 0.05) is 12.4 Å². The lowest BCUT2D eigenvalue weighted by molar-refractivity contribution is 0.0233. The van der Waals surface area contributed by atoms with Crippen LogP contribution in [0.15, 0.2) is 5.38 Å². The van der Waals surface area contributed by atoms with Crippen molar-refractivity contribution in [3.63, 3.8) is 0 Å². The summed E-state index contributed by atoms with van der Waals surface area (Å²) >= 11 is 1.31. The van der Waals surface area contributed by atoms with Crippen LogP contribution in [-0.4, -0.2) is 41.2 Å². The summed E-state index contributed by atoms with van der Waals surface area (Å²) in [5, 5.41) is 2.29. The van der Waals surface area contributed by atoms with Crippen LogP contribution in [-0.2, 0) is 9.47 Å². The first-order valence-corrected chi connectivity index (χ1v) is 7.62. The summed E-state index contributed by atoms with van der Waals surface area (Å²) in [5.41, 5.74) is -0.286. The second-order valence-corrected chi connectivity index (χ2v) is 6.45. The van der Waals surface area contributed by atoms with Crippen molar-refractivity contribution in [3.8, 4) is 0 Å². The standard InChI is InChI=1S/C14H22N2O4S/c1-7-19-12(17)10-8-21-11(15-10)9(2)16(6)13(18)20-14(3,4)5/h8-9H,7H2,1-6H3/t9-/m0/s1. The lowest BCUT2D eigenvalue weighted by atomic mass is 10.2. The fourth-order valence-corrected chi connectivity index (χ4v) is 2.32. The van der Waals surface area contributed by atoms with E-state index in [1.165, 1.54) is 16.2 Å². The SMILES string of the molecule is CCOC(=O)c1csc([C@H](C)N(C)C(=O)OC(C)(C)C)n1. The van der Waals surface area contributed by atoms with Gasteiger partial charge in [0.15, 0.2) is 5.69 Å². The fourth-order valence-electron chi connectivity index (χ4n) is 1.44. The minimum absolute atomic E-state index is 0.265. The van der Waals surface area contributed by atoms with Gasteiger partial charge in [-0.25, -0.2) is 14.6 Å². The van der Waals surface area contributed by atoms with Crippen molar-refractivity contribution in [3.05, 3.63) is 16.1 Å². The molecule has 1 heterocycles. The van der Waals surface area contributed by atoms with E-state index < -0.39 is 17.7 Å². The van der Waals surface area contributed by atoms with Crippen LogP contribution < -0.4 is 0 Å². The fraction of sp³-hybridized carbons (Fsp3) is 0.643. The Morgan fingerprint density at radius 1 is 1.43 bits per heavy atom. The Bertz CT molecular complexity index is 507. The topological polar surface area (TPSA) is 68.7 Å². The Morgan fingerprint density at radius 3 is 2.57 bits per heavy atom. The predicted octanol–water partition coefficient (Wildman–Crippen LogP) is 3.25. The van der Waals surface area contributed by atoms with Crippen LogP contribution in [0.2, 0.25) is 0 Å². The van der Waals surface area contributed by atoms with Gasteiger partial charge >= 0.3 is 12.1 Å². The molecule has 21 heavy (non-hydrogen) atoms. The van der Waals surface area contributed by atoms with Crippen LogP contribution in [0.5, 0.6) is 0 Å². The smallest absolute Gasteiger partial charge is 0.410 e. The number of esters is 1. The number of carbonyl (C=O) groups is 2. The summed E-state index contributed by atoms with van der Waals surface area (Å²) in [5.74, 6) is -0.452. The molecule has 1 amide bonds. The zero-order chi connectivity index (χ0) is 16.2. The number of thiazole rings is 1. The predicted molar refractivity (Wildman–Crippen MR) is 80.5 cm³/mol. The Hall–Kier alpha value is -1.63. The molecule has 1 atom stereocenters. The number of hydrogen-bond acceptors (Lipinski definition) is 6. The monoisotopic (exact) mass is 314 g/mol. The Balaban J connectivity index is 2.77. The van der Waals surface area contributed by atoms with Crippen molar-refractivity contribution in [2.45, 2.75) is 46.3 Å². The molecule has 7 heteroatoms. The number of carbonyl (C=O) groups excluding carboxylic acids is 2. The zero-order valence-corrected chi connectivity index (χ0v) is 14.1. The molecule has 118 valence electrons. The Labute approximate surface area is 129 Å². The van der Waals surface area contributed by atoms with Gasteiger partial charge in [0.25, 0.3) is 0 Å².